The zero-order valence-electron chi connectivity index (χ0n) is 7.94. The molecule has 1 heterocycles. The summed E-state index contributed by atoms with van der Waals surface area (Å²) in [6, 6.07) is 5.87. The molecular formula is C11H9BrClN. The highest BCUT2D eigenvalue weighted by Crippen LogP contribution is 2.31. The molecule has 0 saturated heterocycles. The summed E-state index contributed by atoms with van der Waals surface area (Å²) in [5.41, 5.74) is 3.12. The summed E-state index contributed by atoms with van der Waals surface area (Å²) >= 11 is 9.62. The highest BCUT2D eigenvalue weighted by atomic mass is 79.9. The number of nitrogens with zero attached hydrogens (tertiary/aromatic N) is 1. The lowest BCUT2D eigenvalue weighted by molar-refractivity contribution is 1.23. The van der Waals surface area contributed by atoms with Gasteiger partial charge in [0.2, 0.25) is 0 Å². The second-order valence-electron chi connectivity index (χ2n) is 3.33. The molecule has 3 heteroatoms. The monoisotopic (exact) mass is 269 g/mol. The number of hydrogen-bond acceptors (Lipinski definition) is 1. The molecule has 0 aliphatic carbocycles. The fourth-order valence-electron chi connectivity index (χ4n) is 1.51. The van der Waals surface area contributed by atoms with Crippen molar-refractivity contribution in [2.24, 2.45) is 0 Å². The van der Waals surface area contributed by atoms with E-state index in [1.807, 2.05) is 32.0 Å². The molecule has 0 aliphatic heterocycles. The van der Waals surface area contributed by atoms with Gasteiger partial charge in [-0.15, -0.1) is 0 Å². The van der Waals surface area contributed by atoms with Crippen molar-refractivity contribution >= 4 is 38.4 Å². The lowest BCUT2D eigenvalue weighted by atomic mass is 10.1. The fourth-order valence-corrected chi connectivity index (χ4v) is 2.61. The van der Waals surface area contributed by atoms with Crippen molar-refractivity contribution in [2.45, 2.75) is 13.8 Å². The highest BCUT2D eigenvalue weighted by molar-refractivity contribution is 9.10. The Bertz CT molecular complexity index is 508. The van der Waals surface area contributed by atoms with Gasteiger partial charge in [-0.3, -0.25) is 4.98 Å². The molecule has 0 atom stereocenters. The number of hydrogen-bond donors (Lipinski definition) is 0. The van der Waals surface area contributed by atoms with E-state index in [0.717, 1.165) is 31.7 Å². The molecule has 1 nitrogen and oxygen atoms in total. The average molecular weight is 271 g/mol. The summed E-state index contributed by atoms with van der Waals surface area (Å²) in [6.45, 7) is 4.02. The molecule has 2 aromatic rings. The van der Waals surface area contributed by atoms with Gasteiger partial charge in [0.05, 0.1) is 10.5 Å². The summed E-state index contributed by atoms with van der Waals surface area (Å²) in [4.78, 5) is 4.48. The van der Waals surface area contributed by atoms with Crippen LogP contribution in [0.5, 0.6) is 0 Å². The molecule has 0 fully saturated rings. The maximum Gasteiger partial charge on any atom is 0.0760 e. The summed E-state index contributed by atoms with van der Waals surface area (Å²) < 4.78 is 1.01. The van der Waals surface area contributed by atoms with Crippen LogP contribution in [0.3, 0.4) is 0 Å². The van der Waals surface area contributed by atoms with E-state index in [1.54, 1.807) is 0 Å². The predicted molar refractivity (Wildman–Crippen MR) is 63.9 cm³/mol. The minimum atomic E-state index is 0.741. The van der Waals surface area contributed by atoms with Crippen LogP contribution in [0.25, 0.3) is 10.9 Å². The molecule has 0 unspecified atom stereocenters. The maximum atomic E-state index is 6.12. The van der Waals surface area contributed by atoms with Gasteiger partial charge in [0.15, 0.2) is 0 Å². The number of aromatic nitrogens is 1. The first-order valence-electron chi connectivity index (χ1n) is 4.31. The highest BCUT2D eigenvalue weighted by Gasteiger charge is 2.07. The molecule has 0 N–H and O–H groups in total. The second kappa shape index (κ2) is 3.52. The topological polar surface area (TPSA) is 12.9 Å². The third-order valence-electron chi connectivity index (χ3n) is 2.19. The van der Waals surface area contributed by atoms with E-state index in [2.05, 4.69) is 20.9 Å². The number of aryl methyl sites for hydroxylation is 2. The van der Waals surface area contributed by atoms with Crippen molar-refractivity contribution in [3.63, 3.8) is 0 Å². The maximum absolute atomic E-state index is 6.12. The number of halogens is 2. The average Bonchev–Trinajstić information content (AvgIpc) is 2.10. The number of benzene rings is 1. The Morgan fingerprint density at radius 3 is 2.71 bits per heavy atom. The minimum Gasteiger partial charge on any atom is -0.253 e. The van der Waals surface area contributed by atoms with Crippen molar-refractivity contribution in [3.05, 3.63) is 39.0 Å². The first-order chi connectivity index (χ1) is 6.59. The molecule has 1 aromatic carbocycles. The predicted octanol–water partition coefficient (Wildman–Crippen LogP) is 4.27. The van der Waals surface area contributed by atoms with Crippen molar-refractivity contribution in [2.75, 3.05) is 0 Å². The molecule has 0 amide bonds. The fraction of sp³-hybridized carbons (Fsp3) is 0.182. The number of pyridine rings is 1. The minimum absolute atomic E-state index is 0.741. The summed E-state index contributed by atoms with van der Waals surface area (Å²) in [5, 5.41) is 1.74. The van der Waals surface area contributed by atoms with Crippen LogP contribution in [0.15, 0.2) is 22.7 Å². The molecule has 72 valence electrons. The van der Waals surface area contributed by atoms with Gasteiger partial charge in [-0.2, -0.15) is 0 Å². The van der Waals surface area contributed by atoms with Crippen molar-refractivity contribution in [3.8, 4) is 0 Å². The second-order valence-corrected chi connectivity index (χ2v) is 4.59. The zero-order valence-corrected chi connectivity index (χ0v) is 10.3. The summed E-state index contributed by atoms with van der Waals surface area (Å²) in [7, 11) is 0. The van der Waals surface area contributed by atoms with Crippen LogP contribution in [0.2, 0.25) is 5.02 Å². The van der Waals surface area contributed by atoms with E-state index in [1.165, 1.54) is 0 Å². The van der Waals surface area contributed by atoms with Crippen molar-refractivity contribution in [1.29, 1.82) is 0 Å². The molecule has 0 aliphatic rings. The van der Waals surface area contributed by atoms with Crippen LogP contribution in [0, 0.1) is 13.8 Å². The van der Waals surface area contributed by atoms with Crippen LogP contribution in [-0.4, -0.2) is 4.98 Å². The normalized spacial score (nSPS) is 10.9. The Balaban J connectivity index is 3.00. The molecule has 2 rings (SSSR count). The van der Waals surface area contributed by atoms with Crippen molar-refractivity contribution < 1.29 is 0 Å². The van der Waals surface area contributed by atoms with Gasteiger partial charge in [0, 0.05) is 15.6 Å². The Hall–Kier alpha value is -0.600. The first kappa shape index (κ1) is 9.94. The molecular weight excluding hydrogens is 261 g/mol. The molecule has 0 radical (unpaired) electrons. The summed E-state index contributed by atoms with van der Waals surface area (Å²) in [5.74, 6) is 0. The third-order valence-corrected chi connectivity index (χ3v) is 3.13. The first-order valence-corrected chi connectivity index (χ1v) is 5.48. The number of rotatable bonds is 0. The Morgan fingerprint density at radius 2 is 2.00 bits per heavy atom. The molecule has 0 bridgehead atoms. The van der Waals surface area contributed by atoms with Gasteiger partial charge in [-0.25, -0.2) is 0 Å². The lowest BCUT2D eigenvalue weighted by Gasteiger charge is -2.06. The van der Waals surface area contributed by atoms with Gasteiger partial charge in [-0.1, -0.05) is 17.7 Å². The van der Waals surface area contributed by atoms with Gasteiger partial charge in [0.1, 0.15) is 0 Å². The molecule has 1 aromatic heterocycles. The zero-order chi connectivity index (χ0) is 10.3. The van der Waals surface area contributed by atoms with E-state index in [9.17, 15) is 0 Å². The van der Waals surface area contributed by atoms with Gasteiger partial charge < -0.3 is 0 Å². The SMILES string of the molecule is Cc1cc(Br)c2c(Cl)ccc(C)c2n1. The van der Waals surface area contributed by atoms with E-state index in [-0.39, 0.29) is 0 Å². The van der Waals surface area contributed by atoms with Gasteiger partial charge in [0.25, 0.3) is 0 Å². The lowest BCUT2D eigenvalue weighted by Crippen LogP contribution is -1.88. The van der Waals surface area contributed by atoms with Crippen LogP contribution in [-0.2, 0) is 0 Å². The van der Waals surface area contributed by atoms with Crippen LogP contribution >= 0.6 is 27.5 Å². The van der Waals surface area contributed by atoms with E-state index >= 15 is 0 Å². The molecule has 0 spiro atoms. The van der Waals surface area contributed by atoms with E-state index in [0.29, 0.717) is 0 Å². The quantitative estimate of drug-likeness (QED) is 0.697. The Morgan fingerprint density at radius 1 is 1.29 bits per heavy atom. The van der Waals surface area contributed by atoms with Crippen LogP contribution < -0.4 is 0 Å². The van der Waals surface area contributed by atoms with E-state index in [4.69, 9.17) is 11.6 Å². The molecule has 0 saturated carbocycles. The van der Waals surface area contributed by atoms with Crippen LogP contribution in [0.1, 0.15) is 11.3 Å². The largest absolute Gasteiger partial charge is 0.253 e. The number of fused-ring (bicyclic) bond motifs is 1. The van der Waals surface area contributed by atoms with Gasteiger partial charge >= 0.3 is 0 Å². The standard InChI is InChI=1S/C11H9BrClN/c1-6-3-4-9(13)10-8(12)5-7(2)14-11(6)10/h3-5H,1-2H3. The van der Waals surface area contributed by atoms with Crippen LogP contribution in [0.4, 0.5) is 0 Å². The van der Waals surface area contributed by atoms with Crippen molar-refractivity contribution in [1.82, 2.24) is 4.98 Å². The Labute approximate surface area is 96.2 Å². The smallest absolute Gasteiger partial charge is 0.0760 e. The third kappa shape index (κ3) is 1.53. The molecule has 14 heavy (non-hydrogen) atoms. The van der Waals surface area contributed by atoms with Gasteiger partial charge in [-0.05, 0) is 47.5 Å². The van der Waals surface area contributed by atoms with E-state index < -0.39 is 0 Å². The summed E-state index contributed by atoms with van der Waals surface area (Å²) in [6.07, 6.45) is 0. The Kier molecular flexibility index (Phi) is 2.50.